The van der Waals surface area contributed by atoms with E-state index >= 15 is 0 Å². The second kappa shape index (κ2) is 9.50. The molecule has 3 unspecified atom stereocenters. The van der Waals surface area contributed by atoms with Gasteiger partial charge in [0.1, 0.15) is 12.7 Å². The first-order valence-corrected chi connectivity index (χ1v) is 8.64. The van der Waals surface area contributed by atoms with E-state index in [9.17, 15) is 28.8 Å². The second-order valence-electron chi connectivity index (χ2n) is 6.41. The summed E-state index contributed by atoms with van der Waals surface area (Å²) in [5, 5.41) is 20.8. The second-order valence-corrected chi connectivity index (χ2v) is 6.41. The van der Waals surface area contributed by atoms with Crippen molar-refractivity contribution < 1.29 is 28.3 Å². The van der Waals surface area contributed by atoms with Crippen molar-refractivity contribution in [3.63, 3.8) is 0 Å². The Morgan fingerprint density at radius 3 is 2.28 bits per heavy atom. The Kier molecular flexibility index (Phi) is 7.32. The average molecular weight is 409 g/mol. The van der Waals surface area contributed by atoms with Crippen LogP contribution in [0, 0.1) is 10.1 Å². The third-order valence-electron chi connectivity index (χ3n) is 4.40. The van der Waals surface area contributed by atoms with E-state index in [1.54, 1.807) is 30.3 Å². The van der Waals surface area contributed by atoms with Gasteiger partial charge in [-0.05, 0) is 11.1 Å². The van der Waals surface area contributed by atoms with Gasteiger partial charge < -0.3 is 21.3 Å². The number of ether oxygens (including phenoxy) is 1. The van der Waals surface area contributed by atoms with E-state index in [0.717, 1.165) is 12.1 Å². The average Bonchev–Trinajstić information content (AvgIpc) is 2.72. The molecule has 0 radical (unpaired) electrons. The number of aliphatic hydroxyl groups is 1. The van der Waals surface area contributed by atoms with Crippen molar-refractivity contribution in [3.05, 3.63) is 75.8 Å². The van der Waals surface area contributed by atoms with Crippen molar-refractivity contribution in [1.29, 1.82) is 0 Å². The van der Waals surface area contributed by atoms with Crippen LogP contribution in [0.2, 0.25) is 0 Å². The van der Waals surface area contributed by atoms with E-state index in [-0.39, 0.29) is 17.9 Å². The van der Waals surface area contributed by atoms with Crippen LogP contribution in [0.15, 0.2) is 54.6 Å². The highest BCUT2D eigenvalue weighted by molar-refractivity contribution is 5.79. The zero-order valence-electron chi connectivity index (χ0n) is 15.3. The molecule has 0 bridgehead atoms. The lowest BCUT2D eigenvalue weighted by Gasteiger charge is -2.31. The lowest BCUT2D eigenvalue weighted by atomic mass is 9.86. The molecular formula is C19H21F2N3O5. The molecule has 0 saturated carbocycles. The highest BCUT2D eigenvalue weighted by atomic mass is 19.3. The first-order chi connectivity index (χ1) is 13.7. The number of halogens is 2. The predicted molar refractivity (Wildman–Crippen MR) is 100 cm³/mol. The number of esters is 1. The molecule has 156 valence electrons. The fourth-order valence-electron chi connectivity index (χ4n) is 2.72. The summed E-state index contributed by atoms with van der Waals surface area (Å²) in [5.74, 6) is -6.19. The molecule has 0 aromatic heterocycles. The molecule has 0 heterocycles. The molecule has 0 saturated heterocycles. The number of hydrogen-bond donors (Lipinski definition) is 3. The maximum Gasteiger partial charge on any atom is 0.315 e. The number of nitrogens with zero attached hydrogens (tertiary/aromatic N) is 1. The number of nitro groups is 1. The number of carbonyl (C=O) groups excluding carboxylic acids is 1. The first kappa shape index (κ1) is 22.3. The lowest BCUT2D eigenvalue weighted by Crippen LogP contribution is -2.54. The molecule has 2 rings (SSSR count). The number of carbonyl (C=O) groups is 1. The third-order valence-corrected chi connectivity index (χ3v) is 4.40. The first-order valence-electron chi connectivity index (χ1n) is 8.64. The van der Waals surface area contributed by atoms with Crippen molar-refractivity contribution >= 4 is 11.7 Å². The summed E-state index contributed by atoms with van der Waals surface area (Å²) < 4.78 is 32.9. The number of nitrogens with two attached hydrogens (primary N) is 2. The Labute approximate surface area is 165 Å². The van der Waals surface area contributed by atoms with Crippen LogP contribution in [-0.2, 0) is 16.1 Å². The van der Waals surface area contributed by atoms with Gasteiger partial charge in [0, 0.05) is 12.1 Å². The lowest BCUT2D eigenvalue weighted by molar-refractivity contribution is -0.384. The quantitative estimate of drug-likeness (QED) is 0.325. The Bertz CT molecular complexity index is 833. The van der Waals surface area contributed by atoms with Gasteiger partial charge in [0.25, 0.3) is 11.6 Å². The highest BCUT2D eigenvalue weighted by Gasteiger charge is 2.46. The Morgan fingerprint density at radius 1 is 1.17 bits per heavy atom. The molecule has 3 atom stereocenters. The van der Waals surface area contributed by atoms with E-state index in [0.29, 0.717) is 5.56 Å². The highest BCUT2D eigenvalue weighted by Crippen LogP contribution is 2.30. The fraction of sp³-hybridized carbons (Fsp3) is 0.316. The van der Waals surface area contributed by atoms with E-state index < -0.39 is 41.4 Å². The van der Waals surface area contributed by atoms with Gasteiger partial charge in [-0.2, -0.15) is 0 Å². The smallest absolute Gasteiger partial charge is 0.315 e. The van der Waals surface area contributed by atoms with Crippen LogP contribution >= 0.6 is 0 Å². The maximum absolute atomic E-state index is 13.9. The van der Waals surface area contributed by atoms with Gasteiger partial charge in [-0.1, -0.05) is 42.5 Å². The van der Waals surface area contributed by atoms with Crippen molar-refractivity contribution in [3.8, 4) is 0 Å². The number of aliphatic hydroxyl groups excluding tert-OH is 1. The molecule has 0 amide bonds. The number of hydrogen-bond acceptors (Lipinski definition) is 7. The molecule has 2 aromatic carbocycles. The Hall–Kier alpha value is -2.95. The van der Waals surface area contributed by atoms with Gasteiger partial charge in [0.05, 0.1) is 23.4 Å². The fourth-order valence-corrected chi connectivity index (χ4v) is 2.72. The summed E-state index contributed by atoms with van der Waals surface area (Å²) in [6, 6.07) is 11.5. The maximum atomic E-state index is 13.9. The summed E-state index contributed by atoms with van der Waals surface area (Å²) in [6.45, 7) is -1.31. The Balaban J connectivity index is 2.31. The van der Waals surface area contributed by atoms with E-state index in [4.69, 9.17) is 16.2 Å². The predicted octanol–water partition coefficient (Wildman–Crippen LogP) is 1.70. The van der Waals surface area contributed by atoms with E-state index in [1.807, 2.05) is 0 Å². The van der Waals surface area contributed by atoms with Gasteiger partial charge in [-0.25, -0.2) is 8.78 Å². The summed E-state index contributed by atoms with van der Waals surface area (Å²) >= 11 is 0. The number of nitro benzene ring substituents is 1. The van der Waals surface area contributed by atoms with Gasteiger partial charge >= 0.3 is 5.97 Å². The van der Waals surface area contributed by atoms with Crippen LogP contribution in [0.5, 0.6) is 0 Å². The third kappa shape index (κ3) is 5.53. The van der Waals surface area contributed by atoms with Crippen LogP contribution in [-0.4, -0.2) is 40.6 Å². The number of alkyl halides is 2. The Morgan fingerprint density at radius 2 is 1.76 bits per heavy atom. The van der Waals surface area contributed by atoms with Gasteiger partial charge in [-0.3, -0.25) is 14.9 Å². The van der Waals surface area contributed by atoms with Gasteiger partial charge in [0.15, 0.2) is 0 Å². The van der Waals surface area contributed by atoms with Crippen molar-refractivity contribution in [2.75, 3.05) is 6.54 Å². The van der Waals surface area contributed by atoms with Gasteiger partial charge in [0.2, 0.25) is 0 Å². The monoisotopic (exact) mass is 409 g/mol. The topological polar surface area (TPSA) is 142 Å². The summed E-state index contributed by atoms with van der Waals surface area (Å²) in [7, 11) is 0. The minimum absolute atomic E-state index is 0.0908. The van der Waals surface area contributed by atoms with Crippen molar-refractivity contribution in [2.45, 2.75) is 30.6 Å². The molecule has 0 fully saturated rings. The zero-order valence-corrected chi connectivity index (χ0v) is 15.3. The molecule has 8 nitrogen and oxygen atoms in total. The summed E-state index contributed by atoms with van der Waals surface area (Å²) in [6.07, 6.45) is -2.43. The van der Waals surface area contributed by atoms with Crippen molar-refractivity contribution in [1.82, 2.24) is 0 Å². The van der Waals surface area contributed by atoms with Crippen LogP contribution in [0.4, 0.5) is 14.5 Å². The molecule has 0 aliphatic carbocycles. The standard InChI is InChI=1S/C19H21F2N3O5/c20-19(21,11-22)17(25)16(23)15(13-6-8-14(9-7-13)24(27)28)18(26)29-10-12-4-2-1-3-5-12/h1-9,15-17,25H,10-11,22-23H2. The normalized spacial score (nSPS) is 14.7. The van der Waals surface area contributed by atoms with E-state index in [1.165, 1.54) is 12.1 Å². The summed E-state index contributed by atoms with van der Waals surface area (Å²) in [5.41, 5.74) is 11.3. The molecule has 0 aliphatic rings. The molecule has 10 heteroatoms. The molecular weight excluding hydrogens is 388 g/mol. The van der Waals surface area contributed by atoms with Gasteiger partial charge in [-0.15, -0.1) is 0 Å². The summed E-state index contributed by atoms with van der Waals surface area (Å²) in [4.78, 5) is 22.8. The van der Waals surface area contributed by atoms with E-state index in [2.05, 4.69) is 0 Å². The molecule has 2 aromatic rings. The van der Waals surface area contributed by atoms with Crippen LogP contribution in [0.25, 0.3) is 0 Å². The van der Waals surface area contributed by atoms with Crippen molar-refractivity contribution in [2.24, 2.45) is 11.5 Å². The molecule has 0 spiro atoms. The minimum atomic E-state index is -3.74. The number of rotatable bonds is 9. The number of benzene rings is 2. The minimum Gasteiger partial charge on any atom is -0.460 e. The number of non-ortho nitro benzene ring substituents is 1. The van der Waals surface area contributed by atoms with Crippen LogP contribution in [0.1, 0.15) is 17.0 Å². The SMILES string of the molecule is NCC(F)(F)C(O)C(N)C(C(=O)OCc1ccccc1)c1ccc([N+](=O)[O-])cc1. The molecule has 29 heavy (non-hydrogen) atoms. The molecule has 5 N–H and O–H groups in total. The molecule has 0 aliphatic heterocycles. The van der Waals surface area contributed by atoms with Crippen LogP contribution < -0.4 is 11.5 Å². The zero-order chi connectivity index (χ0) is 21.6. The van der Waals surface area contributed by atoms with Crippen LogP contribution in [0.3, 0.4) is 0 Å². The largest absolute Gasteiger partial charge is 0.460 e.